The molecule has 3 heterocycles. The van der Waals surface area contributed by atoms with Gasteiger partial charge in [0, 0.05) is 12.6 Å². The van der Waals surface area contributed by atoms with Crippen molar-refractivity contribution in [1.82, 2.24) is 25.2 Å². The maximum Gasteiger partial charge on any atom is 0.208 e. The smallest absolute Gasteiger partial charge is 0.208 e. The quantitative estimate of drug-likeness (QED) is 0.597. The van der Waals surface area contributed by atoms with Crippen LogP contribution in [0.5, 0.6) is 0 Å². The van der Waals surface area contributed by atoms with Crippen molar-refractivity contribution in [3.8, 4) is 11.4 Å². The fourth-order valence-corrected chi connectivity index (χ4v) is 2.73. The zero-order valence-corrected chi connectivity index (χ0v) is 14.3. The number of anilines is 1. The lowest BCUT2D eigenvalue weighted by Crippen LogP contribution is -2.04. The number of benzene rings is 1. The van der Waals surface area contributed by atoms with Crippen molar-refractivity contribution in [2.75, 3.05) is 5.73 Å². The number of tetrazole rings is 1. The van der Waals surface area contributed by atoms with Crippen LogP contribution in [0.3, 0.4) is 0 Å². The molecule has 0 amide bonds. The van der Waals surface area contributed by atoms with Gasteiger partial charge < -0.3 is 10.2 Å². The summed E-state index contributed by atoms with van der Waals surface area (Å²) in [4.78, 5) is 5.60. The van der Waals surface area contributed by atoms with Crippen LogP contribution < -0.4 is 5.73 Å². The number of nitrogens with two attached hydrogens (primary N) is 1. The normalized spacial score (nSPS) is 11.0. The number of hydrogen-bond donors (Lipinski definition) is 1. The minimum atomic E-state index is 0.393. The third-order valence-corrected chi connectivity index (χ3v) is 4.05. The molecule has 0 spiro atoms. The number of rotatable bonds is 5. The highest BCUT2D eigenvalue weighted by atomic mass is 16.3. The fourth-order valence-electron chi connectivity index (χ4n) is 2.73. The molecule has 0 aliphatic carbocycles. The predicted octanol–water partition coefficient (Wildman–Crippen LogP) is 2.86. The molecule has 0 bridgehead atoms. The van der Waals surface area contributed by atoms with Crippen molar-refractivity contribution < 1.29 is 4.42 Å². The Labute approximate surface area is 150 Å². The summed E-state index contributed by atoms with van der Waals surface area (Å²) in [5.41, 5.74) is 8.83. The Hall–Kier alpha value is -3.48. The zero-order chi connectivity index (χ0) is 17.9. The van der Waals surface area contributed by atoms with Gasteiger partial charge in [0.05, 0.1) is 12.1 Å². The zero-order valence-electron chi connectivity index (χ0n) is 14.3. The van der Waals surface area contributed by atoms with Gasteiger partial charge in [-0.05, 0) is 47.5 Å². The Morgan fingerprint density at radius 1 is 1.04 bits per heavy atom. The summed E-state index contributed by atoms with van der Waals surface area (Å²) >= 11 is 0. The van der Waals surface area contributed by atoms with Crippen LogP contribution in [0.15, 0.2) is 59.1 Å². The van der Waals surface area contributed by atoms with Crippen molar-refractivity contribution in [3.63, 3.8) is 0 Å². The molecule has 0 aliphatic rings. The van der Waals surface area contributed by atoms with Gasteiger partial charge in [0.2, 0.25) is 5.82 Å². The van der Waals surface area contributed by atoms with Gasteiger partial charge in [-0.3, -0.25) is 0 Å². The summed E-state index contributed by atoms with van der Waals surface area (Å²) in [6.45, 7) is 2.48. The second-order valence-corrected chi connectivity index (χ2v) is 6.09. The van der Waals surface area contributed by atoms with E-state index < -0.39 is 0 Å². The largest absolute Gasteiger partial charge is 0.466 e. The second-order valence-electron chi connectivity index (χ2n) is 6.09. The highest BCUT2D eigenvalue weighted by molar-refractivity contribution is 5.66. The first-order chi connectivity index (χ1) is 12.7. The maximum absolute atomic E-state index is 5.86. The van der Waals surface area contributed by atoms with E-state index in [2.05, 4.69) is 44.7 Å². The highest BCUT2D eigenvalue weighted by Gasteiger charge is 2.10. The molecule has 1 aromatic carbocycles. The number of hydrogen-bond acceptors (Lipinski definition) is 6. The number of nitrogen functional groups attached to an aromatic ring is 1. The van der Waals surface area contributed by atoms with Crippen molar-refractivity contribution in [2.24, 2.45) is 0 Å². The van der Waals surface area contributed by atoms with Crippen molar-refractivity contribution in [1.29, 1.82) is 0 Å². The van der Waals surface area contributed by atoms with E-state index in [0.717, 1.165) is 23.5 Å². The molecule has 2 N–H and O–H groups in total. The topological polar surface area (TPSA) is 95.7 Å². The van der Waals surface area contributed by atoms with Crippen LogP contribution >= 0.6 is 0 Å². The van der Waals surface area contributed by atoms with Crippen LogP contribution in [0.4, 0.5) is 5.82 Å². The average Bonchev–Trinajstić information content (AvgIpc) is 3.26. The molecule has 3 aromatic heterocycles. The van der Waals surface area contributed by atoms with Crippen LogP contribution in [0.1, 0.15) is 22.6 Å². The fraction of sp³-hybridized carbons (Fsp3) is 0.158. The summed E-state index contributed by atoms with van der Waals surface area (Å²) in [5, 5.41) is 12.6. The number of pyridine rings is 1. The molecule has 0 saturated carbocycles. The van der Waals surface area contributed by atoms with Crippen molar-refractivity contribution in [2.45, 2.75) is 19.9 Å². The minimum Gasteiger partial charge on any atom is -0.466 e. The Balaban J connectivity index is 1.45. The first kappa shape index (κ1) is 16.0. The molecule has 4 rings (SSSR count). The van der Waals surface area contributed by atoms with Crippen LogP contribution in [0, 0.1) is 6.92 Å². The third-order valence-electron chi connectivity index (χ3n) is 4.05. The van der Waals surface area contributed by atoms with Crippen molar-refractivity contribution in [3.05, 3.63) is 77.4 Å². The van der Waals surface area contributed by atoms with E-state index in [1.54, 1.807) is 17.1 Å². The maximum atomic E-state index is 5.86. The summed E-state index contributed by atoms with van der Waals surface area (Å²) < 4.78 is 5.62. The second kappa shape index (κ2) is 6.79. The Bertz CT molecular complexity index is 1020. The first-order valence-corrected chi connectivity index (χ1v) is 8.29. The van der Waals surface area contributed by atoms with Gasteiger partial charge in [-0.15, -0.1) is 10.2 Å². The highest BCUT2D eigenvalue weighted by Crippen LogP contribution is 2.19. The van der Waals surface area contributed by atoms with Gasteiger partial charge >= 0.3 is 0 Å². The molecular weight excluding hydrogens is 328 g/mol. The molecule has 0 unspecified atom stereocenters. The average molecular weight is 346 g/mol. The first-order valence-electron chi connectivity index (χ1n) is 8.29. The van der Waals surface area contributed by atoms with Crippen molar-refractivity contribution >= 4 is 5.82 Å². The monoisotopic (exact) mass is 346 g/mol. The number of aryl methyl sites for hydroxylation is 1. The lowest BCUT2D eigenvalue weighted by Gasteiger charge is -2.03. The summed E-state index contributed by atoms with van der Waals surface area (Å²) in [6.07, 6.45) is 2.41. The Morgan fingerprint density at radius 3 is 2.58 bits per heavy atom. The number of aromatic nitrogens is 5. The van der Waals surface area contributed by atoms with E-state index in [0.29, 0.717) is 23.8 Å². The van der Waals surface area contributed by atoms with Crippen LogP contribution in [-0.4, -0.2) is 25.2 Å². The number of nitrogens with zero attached hydrogens (tertiary/aromatic N) is 5. The van der Waals surface area contributed by atoms with Gasteiger partial charge in [0.25, 0.3) is 0 Å². The molecule has 4 aromatic rings. The Kier molecular flexibility index (Phi) is 4.18. The molecule has 7 heteroatoms. The molecule has 0 radical (unpaired) electrons. The van der Waals surface area contributed by atoms with E-state index >= 15 is 0 Å². The summed E-state index contributed by atoms with van der Waals surface area (Å²) in [5.74, 6) is 2.76. The lowest BCUT2D eigenvalue weighted by atomic mass is 10.1. The SMILES string of the molecule is Cc1ccc(Cc2ccc(Cn3nnc(-c4cccnc4N)n3)cc2)o1. The van der Waals surface area contributed by atoms with E-state index in [-0.39, 0.29) is 0 Å². The van der Waals surface area contributed by atoms with E-state index in [1.807, 2.05) is 25.1 Å². The van der Waals surface area contributed by atoms with Gasteiger partial charge in [0.15, 0.2) is 0 Å². The van der Waals surface area contributed by atoms with Crippen LogP contribution in [0.2, 0.25) is 0 Å². The molecular formula is C19H18N6O. The molecule has 26 heavy (non-hydrogen) atoms. The molecule has 130 valence electrons. The molecule has 0 saturated heterocycles. The van der Waals surface area contributed by atoms with E-state index in [4.69, 9.17) is 10.2 Å². The minimum absolute atomic E-state index is 0.393. The van der Waals surface area contributed by atoms with E-state index in [9.17, 15) is 0 Å². The summed E-state index contributed by atoms with van der Waals surface area (Å²) in [7, 11) is 0. The molecule has 0 atom stereocenters. The standard InChI is InChI=1S/C19H18N6O/c1-13-4-9-16(26-13)11-14-5-7-15(8-6-14)12-25-23-19(22-24-25)17-3-2-10-21-18(17)20/h2-10H,11-12H2,1H3,(H2,20,21). The van der Waals surface area contributed by atoms with Gasteiger partial charge in [-0.1, -0.05) is 24.3 Å². The van der Waals surface area contributed by atoms with Gasteiger partial charge in [0.1, 0.15) is 17.3 Å². The van der Waals surface area contributed by atoms with Gasteiger partial charge in [-0.2, -0.15) is 4.80 Å². The summed E-state index contributed by atoms with van der Waals surface area (Å²) in [6, 6.07) is 15.9. The van der Waals surface area contributed by atoms with Crippen LogP contribution in [-0.2, 0) is 13.0 Å². The molecule has 7 nitrogen and oxygen atoms in total. The molecule has 0 aliphatic heterocycles. The molecule has 0 fully saturated rings. The van der Waals surface area contributed by atoms with Crippen LogP contribution in [0.25, 0.3) is 11.4 Å². The lowest BCUT2D eigenvalue weighted by molar-refractivity contribution is 0.493. The van der Waals surface area contributed by atoms with Gasteiger partial charge in [-0.25, -0.2) is 4.98 Å². The third kappa shape index (κ3) is 3.46. The number of furan rings is 1. The predicted molar refractivity (Wildman–Crippen MR) is 97.3 cm³/mol. The van der Waals surface area contributed by atoms with E-state index in [1.165, 1.54) is 5.56 Å². The Morgan fingerprint density at radius 2 is 1.85 bits per heavy atom.